The first kappa shape index (κ1) is 19.1. The Bertz CT molecular complexity index is 852. The Labute approximate surface area is 164 Å². The largest absolute Gasteiger partial charge is 0.357 e. The van der Waals surface area contributed by atoms with Crippen LogP contribution in [0.1, 0.15) is 29.3 Å². The summed E-state index contributed by atoms with van der Waals surface area (Å²) < 4.78 is 1.91. The molecule has 0 bridgehead atoms. The lowest BCUT2D eigenvalue weighted by Crippen LogP contribution is -2.38. The summed E-state index contributed by atoms with van der Waals surface area (Å²) in [6.45, 7) is 6.44. The molecule has 0 saturated carbocycles. The molecular weight excluding hydrogens is 356 g/mol. The zero-order chi connectivity index (χ0) is 18.9. The Morgan fingerprint density at radius 2 is 2.00 bits per heavy atom. The Hall–Kier alpha value is -2.67. The number of aryl methyl sites for hydroxylation is 1. The summed E-state index contributed by atoms with van der Waals surface area (Å²) >= 11 is 1.73. The molecule has 7 heteroatoms. The molecule has 0 atom stereocenters. The van der Waals surface area contributed by atoms with Gasteiger partial charge in [-0.3, -0.25) is 0 Å². The predicted octanol–water partition coefficient (Wildman–Crippen LogP) is 3.19. The van der Waals surface area contributed by atoms with E-state index in [1.807, 2.05) is 47.4 Å². The lowest BCUT2D eigenvalue weighted by molar-refractivity contribution is 0.798. The van der Waals surface area contributed by atoms with E-state index in [4.69, 9.17) is 0 Å². The van der Waals surface area contributed by atoms with Gasteiger partial charge in [-0.2, -0.15) is 5.10 Å². The molecule has 142 valence electrons. The first-order valence-electron chi connectivity index (χ1n) is 9.33. The molecule has 0 aliphatic carbocycles. The molecule has 3 aromatic rings. The van der Waals surface area contributed by atoms with Crippen LogP contribution in [-0.4, -0.2) is 33.8 Å². The van der Waals surface area contributed by atoms with Gasteiger partial charge in [0.1, 0.15) is 5.01 Å². The van der Waals surface area contributed by atoms with Crippen LogP contribution in [0.4, 0.5) is 0 Å². The molecule has 2 heterocycles. The van der Waals surface area contributed by atoms with E-state index in [0.717, 1.165) is 42.6 Å². The van der Waals surface area contributed by atoms with Crippen molar-refractivity contribution in [3.05, 3.63) is 64.4 Å². The smallest absolute Gasteiger partial charge is 0.191 e. The van der Waals surface area contributed by atoms with E-state index < -0.39 is 0 Å². The van der Waals surface area contributed by atoms with Crippen LogP contribution in [0, 0.1) is 0 Å². The van der Waals surface area contributed by atoms with Crippen LogP contribution in [0.15, 0.2) is 53.9 Å². The van der Waals surface area contributed by atoms with E-state index in [-0.39, 0.29) is 0 Å². The first-order valence-corrected chi connectivity index (χ1v) is 10.1. The fourth-order valence-corrected chi connectivity index (χ4v) is 3.40. The van der Waals surface area contributed by atoms with Crippen molar-refractivity contribution in [3.8, 4) is 5.69 Å². The highest BCUT2D eigenvalue weighted by Crippen LogP contribution is 2.14. The van der Waals surface area contributed by atoms with Crippen molar-refractivity contribution in [2.45, 2.75) is 33.2 Å². The minimum absolute atomic E-state index is 0.603. The summed E-state index contributed by atoms with van der Waals surface area (Å²) in [5.41, 5.74) is 2.26. The molecule has 0 saturated heterocycles. The summed E-state index contributed by atoms with van der Waals surface area (Å²) in [5, 5.41) is 12.2. The Morgan fingerprint density at radius 3 is 2.74 bits per heavy atom. The summed E-state index contributed by atoms with van der Waals surface area (Å²) in [4.78, 5) is 10.4. The van der Waals surface area contributed by atoms with E-state index in [2.05, 4.69) is 45.8 Å². The van der Waals surface area contributed by atoms with Gasteiger partial charge >= 0.3 is 0 Å². The molecule has 27 heavy (non-hydrogen) atoms. The minimum Gasteiger partial charge on any atom is -0.357 e. The molecule has 0 spiro atoms. The number of nitrogens with zero attached hydrogens (tertiary/aromatic N) is 4. The average molecular weight is 383 g/mol. The molecular formula is C20H26N6S. The highest BCUT2D eigenvalue weighted by Gasteiger charge is 2.03. The van der Waals surface area contributed by atoms with Crippen molar-refractivity contribution in [2.24, 2.45) is 4.99 Å². The topological polar surface area (TPSA) is 67.1 Å². The number of rotatable bonds is 8. The standard InChI is InChI=1S/C20H26N6S/c1-3-18-13-23-19(27-18)14-24-20(21-4-2)22-11-10-16-12-25-26(15-16)17-8-6-5-7-9-17/h5-9,12-13,15H,3-4,10-11,14H2,1-2H3,(H2,21,22,24). The van der Waals surface area contributed by atoms with Crippen LogP contribution in [0.25, 0.3) is 5.69 Å². The number of guanidine groups is 1. The van der Waals surface area contributed by atoms with Gasteiger partial charge in [-0.1, -0.05) is 25.1 Å². The second-order valence-corrected chi connectivity index (χ2v) is 7.27. The zero-order valence-electron chi connectivity index (χ0n) is 15.9. The van der Waals surface area contributed by atoms with Crippen molar-refractivity contribution in [1.29, 1.82) is 0 Å². The van der Waals surface area contributed by atoms with Crippen LogP contribution in [0.3, 0.4) is 0 Å². The van der Waals surface area contributed by atoms with Crippen molar-refractivity contribution in [3.63, 3.8) is 0 Å². The van der Waals surface area contributed by atoms with E-state index in [0.29, 0.717) is 6.54 Å². The van der Waals surface area contributed by atoms with Gasteiger partial charge in [0, 0.05) is 30.4 Å². The van der Waals surface area contributed by atoms with Gasteiger partial charge in [0.05, 0.1) is 18.4 Å². The molecule has 0 amide bonds. The fraction of sp³-hybridized carbons (Fsp3) is 0.350. The van der Waals surface area contributed by atoms with Gasteiger partial charge in [-0.15, -0.1) is 11.3 Å². The van der Waals surface area contributed by atoms with Crippen molar-refractivity contribution in [2.75, 3.05) is 13.1 Å². The summed E-state index contributed by atoms with van der Waals surface area (Å²) in [6.07, 6.45) is 7.84. The third-order valence-electron chi connectivity index (χ3n) is 4.03. The van der Waals surface area contributed by atoms with Gasteiger partial charge in [-0.05, 0) is 37.5 Å². The summed E-state index contributed by atoms with van der Waals surface area (Å²) in [7, 11) is 0. The van der Waals surface area contributed by atoms with Gasteiger partial charge in [0.25, 0.3) is 0 Å². The second kappa shape index (κ2) is 9.87. The quantitative estimate of drug-likeness (QED) is 0.464. The summed E-state index contributed by atoms with van der Waals surface area (Å²) in [5.74, 6) is 0.821. The molecule has 0 unspecified atom stereocenters. The normalized spacial score (nSPS) is 11.6. The monoisotopic (exact) mass is 382 g/mol. The van der Waals surface area contributed by atoms with Gasteiger partial charge in [0.2, 0.25) is 0 Å². The number of hydrogen-bond acceptors (Lipinski definition) is 4. The molecule has 2 N–H and O–H groups in total. The van der Waals surface area contributed by atoms with Crippen LogP contribution in [0.5, 0.6) is 0 Å². The number of benzene rings is 1. The van der Waals surface area contributed by atoms with E-state index in [9.17, 15) is 0 Å². The molecule has 1 aromatic carbocycles. The highest BCUT2D eigenvalue weighted by molar-refractivity contribution is 7.11. The van der Waals surface area contributed by atoms with E-state index in [1.165, 1.54) is 10.4 Å². The lowest BCUT2D eigenvalue weighted by atomic mass is 10.2. The molecule has 6 nitrogen and oxygen atoms in total. The minimum atomic E-state index is 0.603. The average Bonchev–Trinajstić information content (AvgIpc) is 3.36. The van der Waals surface area contributed by atoms with Crippen molar-refractivity contribution >= 4 is 17.3 Å². The van der Waals surface area contributed by atoms with Crippen molar-refractivity contribution in [1.82, 2.24) is 25.4 Å². The number of aliphatic imine (C=N–C) groups is 1. The maximum atomic E-state index is 4.64. The molecule has 0 fully saturated rings. The predicted molar refractivity (Wildman–Crippen MR) is 112 cm³/mol. The van der Waals surface area contributed by atoms with Gasteiger partial charge in [-0.25, -0.2) is 14.7 Å². The van der Waals surface area contributed by atoms with E-state index in [1.54, 1.807) is 11.3 Å². The number of hydrogen-bond donors (Lipinski definition) is 2. The number of aromatic nitrogens is 3. The maximum Gasteiger partial charge on any atom is 0.191 e. The van der Waals surface area contributed by atoms with Crippen molar-refractivity contribution < 1.29 is 0 Å². The Kier molecular flexibility index (Phi) is 6.98. The number of para-hydroxylation sites is 1. The van der Waals surface area contributed by atoms with Crippen LogP contribution in [0.2, 0.25) is 0 Å². The summed E-state index contributed by atoms with van der Waals surface area (Å²) in [6, 6.07) is 10.1. The second-order valence-electron chi connectivity index (χ2n) is 6.07. The van der Waals surface area contributed by atoms with Gasteiger partial charge < -0.3 is 10.6 Å². The molecule has 2 aromatic heterocycles. The molecule has 0 aliphatic rings. The van der Waals surface area contributed by atoms with Gasteiger partial charge in [0.15, 0.2) is 5.96 Å². The number of thiazole rings is 1. The van der Waals surface area contributed by atoms with Crippen LogP contribution in [-0.2, 0) is 19.4 Å². The molecule has 0 radical (unpaired) electrons. The Balaban J connectivity index is 1.52. The van der Waals surface area contributed by atoms with Crippen LogP contribution < -0.4 is 10.6 Å². The highest BCUT2D eigenvalue weighted by atomic mass is 32.1. The number of nitrogens with one attached hydrogen (secondary N) is 2. The zero-order valence-corrected chi connectivity index (χ0v) is 16.7. The SMILES string of the molecule is CCNC(=NCc1ncc(CC)s1)NCCc1cnn(-c2ccccc2)c1. The molecule has 0 aliphatic heterocycles. The van der Waals surface area contributed by atoms with E-state index >= 15 is 0 Å². The first-order chi connectivity index (χ1) is 13.3. The lowest BCUT2D eigenvalue weighted by Gasteiger charge is -2.10. The third kappa shape index (κ3) is 5.65. The third-order valence-corrected chi connectivity index (χ3v) is 5.16. The maximum absolute atomic E-state index is 4.64. The fourth-order valence-electron chi connectivity index (χ4n) is 2.61. The molecule has 3 rings (SSSR count). The van der Waals surface area contributed by atoms with Crippen LogP contribution >= 0.6 is 11.3 Å². The Morgan fingerprint density at radius 1 is 1.15 bits per heavy atom.